The molecule has 0 radical (unpaired) electrons. The molecule has 2 saturated carbocycles. The highest BCUT2D eigenvalue weighted by molar-refractivity contribution is 7.84. The van der Waals surface area contributed by atoms with Crippen LogP contribution in [0.4, 0.5) is 0 Å². The Morgan fingerprint density at radius 2 is 2.14 bits per heavy atom. The van der Waals surface area contributed by atoms with E-state index in [4.69, 9.17) is 5.73 Å². The van der Waals surface area contributed by atoms with Gasteiger partial charge < -0.3 is 5.73 Å². The maximum absolute atomic E-state index is 11.7. The van der Waals surface area contributed by atoms with Gasteiger partial charge in [-0.25, -0.2) is 0 Å². The van der Waals surface area contributed by atoms with E-state index in [1.54, 1.807) is 0 Å². The highest BCUT2D eigenvalue weighted by Gasteiger charge is 2.39. The van der Waals surface area contributed by atoms with Gasteiger partial charge in [0.25, 0.3) is 0 Å². The van der Waals surface area contributed by atoms with Crippen LogP contribution in [0, 0.1) is 17.8 Å². The third-order valence-electron chi connectivity index (χ3n) is 3.86. The lowest BCUT2D eigenvalue weighted by molar-refractivity contribution is 0.363. The van der Waals surface area contributed by atoms with E-state index in [-0.39, 0.29) is 0 Å². The lowest BCUT2D eigenvalue weighted by atomic mass is 9.90. The second kappa shape index (κ2) is 4.75. The molecule has 2 fully saturated rings. The number of nitrogens with two attached hydrogens (primary N) is 1. The minimum Gasteiger partial charge on any atom is -0.330 e. The lowest BCUT2D eigenvalue weighted by Crippen LogP contribution is -2.20. The molecular weight excluding hydrogens is 194 g/mol. The summed E-state index contributed by atoms with van der Waals surface area (Å²) in [5.74, 6) is 4.47. The molecule has 0 saturated heterocycles. The smallest absolute Gasteiger partial charge is 0.0265 e. The monoisotopic (exact) mass is 215 g/mol. The van der Waals surface area contributed by atoms with Crippen LogP contribution in [0.5, 0.6) is 0 Å². The molecule has 14 heavy (non-hydrogen) atoms. The predicted octanol–water partition coefficient (Wildman–Crippen LogP) is 1.52. The topological polar surface area (TPSA) is 43.1 Å². The van der Waals surface area contributed by atoms with Crippen molar-refractivity contribution in [1.82, 2.24) is 0 Å². The molecule has 0 heterocycles. The van der Waals surface area contributed by atoms with Gasteiger partial charge in [-0.1, -0.05) is 6.42 Å². The molecule has 2 aliphatic carbocycles. The Kier molecular flexibility index (Phi) is 3.61. The Labute approximate surface area is 89.1 Å². The Balaban J connectivity index is 1.73. The Hall–Kier alpha value is 0.110. The summed E-state index contributed by atoms with van der Waals surface area (Å²) < 4.78 is 11.7. The van der Waals surface area contributed by atoms with Crippen molar-refractivity contribution in [2.75, 3.05) is 18.1 Å². The summed E-state index contributed by atoms with van der Waals surface area (Å²) in [7, 11) is -0.591. The summed E-state index contributed by atoms with van der Waals surface area (Å²) in [5.41, 5.74) is 5.41. The molecule has 0 spiro atoms. The highest BCUT2D eigenvalue weighted by atomic mass is 32.2. The zero-order chi connectivity index (χ0) is 9.97. The third-order valence-corrected chi connectivity index (χ3v) is 5.40. The number of hydrogen-bond acceptors (Lipinski definition) is 2. The molecule has 0 aliphatic heterocycles. The van der Waals surface area contributed by atoms with Crippen LogP contribution in [-0.4, -0.2) is 22.3 Å². The first-order valence-electron chi connectivity index (χ1n) is 5.84. The van der Waals surface area contributed by atoms with Crippen LogP contribution < -0.4 is 5.73 Å². The van der Waals surface area contributed by atoms with Crippen molar-refractivity contribution in [3.63, 3.8) is 0 Å². The van der Waals surface area contributed by atoms with Crippen LogP contribution in [0.3, 0.4) is 0 Å². The first kappa shape index (κ1) is 10.6. The summed E-state index contributed by atoms with van der Waals surface area (Å²) in [6, 6.07) is 0. The Bertz CT molecular complexity index is 219. The normalized spacial score (nSPS) is 37.6. The molecular formula is C11H21NOS. The van der Waals surface area contributed by atoms with E-state index < -0.39 is 10.8 Å². The molecule has 3 heteroatoms. The van der Waals surface area contributed by atoms with E-state index in [0.717, 1.165) is 35.7 Å². The molecule has 2 bridgehead atoms. The molecule has 4 unspecified atom stereocenters. The van der Waals surface area contributed by atoms with Crippen molar-refractivity contribution < 1.29 is 4.21 Å². The van der Waals surface area contributed by atoms with Gasteiger partial charge in [-0.2, -0.15) is 0 Å². The minimum atomic E-state index is -0.591. The summed E-state index contributed by atoms with van der Waals surface area (Å²) in [4.78, 5) is 0. The Morgan fingerprint density at radius 3 is 2.71 bits per heavy atom. The predicted molar refractivity (Wildman–Crippen MR) is 60.5 cm³/mol. The molecule has 4 atom stereocenters. The fourth-order valence-corrected chi connectivity index (χ4v) is 4.69. The molecule has 0 aromatic rings. The first-order valence-corrected chi connectivity index (χ1v) is 7.33. The van der Waals surface area contributed by atoms with Gasteiger partial charge in [0.2, 0.25) is 0 Å². The van der Waals surface area contributed by atoms with E-state index in [1.807, 2.05) is 0 Å². The highest BCUT2D eigenvalue weighted by Crippen LogP contribution is 2.48. The lowest BCUT2D eigenvalue weighted by Gasteiger charge is -2.20. The van der Waals surface area contributed by atoms with Crippen LogP contribution in [-0.2, 0) is 10.8 Å². The zero-order valence-electron chi connectivity index (χ0n) is 8.78. The molecule has 2 aliphatic rings. The van der Waals surface area contributed by atoms with Crippen LogP contribution >= 0.6 is 0 Å². The molecule has 0 aromatic carbocycles. The van der Waals surface area contributed by atoms with Gasteiger partial charge in [-0.15, -0.1) is 0 Å². The number of rotatable bonds is 5. The van der Waals surface area contributed by atoms with E-state index in [9.17, 15) is 4.21 Å². The maximum atomic E-state index is 11.7. The molecule has 2 rings (SSSR count). The number of hydrogen-bond donors (Lipinski definition) is 1. The molecule has 0 aromatic heterocycles. The van der Waals surface area contributed by atoms with E-state index in [1.165, 1.54) is 25.7 Å². The average Bonchev–Trinajstić information content (AvgIpc) is 2.76. The molecule has 0 amide bonds. The standard InChI is InChI=1S/C11H21NOS/c12-4-1-5-14(13)8-11-7-9-2-3-10(11)6-9/h9-11H,1-8,12H2. The molecule has 2 nitrogen and oxygen atoms in total. The van der Waals surface area contributed by atoms with Gasteiger partial charge in [0.15, 0.2) is 0 Å². The quantitative estimate of drug-likeness (QED) is 0.755. The molecule has 2 N–H and O–H groups in total. The van der Waals surface area contributed by atoms with Crippen molar-refractivity contribution >= 4 is 10.8 Å². The van der Waals surface area contributed by atoms with E-state index >= 15 is 0 Å². The van der Waals surface area contributed by atoms with Gasteiger partial charge >= 0.3 is 0 Å². The first-order chi connectivity index (χ1) is 6.79. The van der Waals surface area contributed by atoms with Crippen molar-refractivity contribution in [2.45, 2.75) is 32.1 Å². The molecule has 82 valence electrons. The SMILES string of the molecule is NCCCS(=O)CC1CC2CCC1C2. The van der Waals surface area contributed by atoms with Gasteiger partial charge in [0.1, 0.15) is 0 Å². The van der Waals surface area contributed by atoms with E-state index in [2.05, 4.69) is 0 Å². The van der Waals surface area contributed by atoms with Crippen LogP contribution in [0.1, 0.15) is 32.1 Å². The minimum absolute atomic E-state index is 0.591. The fraction of sp³-hybridized carbons (Fsp3) is 1.00. The van der Waals surface area contributed by atoms with Crippen LogP contribution in [0.15, 0.2) is 0 Å². The van der Waals surface area contributed by atoms with Gasteiger partial charge in [-0.3, -0.25) is 4.21 Å². The Morgan fingerprint density at radius 1 is 1.29 bits per heavy atom. The van der Waals surface area contributed by atoms with Crippen molar-refractivity contribution in [2.24, 2.45) is 23.5 Å². The summed E-state index contributed by atoms with van der Waals surface area (Å²) >= 11 is 0. The third kappa shape index (κ3) is 2.37. The van der Waals surface area contributed by atoms with Crippen molar-refractivity contribution in [3.8, 4) is 0 Å². The van der Waals surface area contributed by atoms with Gasteiger partial charge in [-0.05, 0) is 50.0 Å². The van der Waals surface area contributed by atoms with Crippen LogP contribution in [0.2, 0.25) is 0 Å². The summed E-state index contributed by atoms with van der Waals surface area (Å²) in [5, 5.41) is 0. The summed E-state index contributed by atoms with van der Waals surface area (Å²) in [6.07, 6.45) is 6.56. The van der Waals surface area contributed by atoms with Crippen molar-refractivity contribution in [3.05, 3.63) is 0 Å². The second-order valence-electron chi connectivity index (χ2n) is 4.89. The van der Waals surface area contributed by atoms with Gasteiger partial charge in [0, 0.05) is 22.3 Å². The maximum Gasteiger partial charge on any atom is 0.0265 e. The number of fused-ring (bicyclic) bond motifs is 2. The van der Waals surface area contributed by atoms with Crippen LogP contribution in [0.25, 0.3) is 0 Å². The average molecular weight is 215 g/mol. The largest absolute Gasteiger partial charge is 0.330 e. The fourth-order valence-electron chi connectivity index (χ4n) is 3.15. The van der Waals surface area contributed by atoms with Gasteiger partial charge in [0.05, 0.1) is 0 Å². The second-order valence-corrected chi connectivity index (χ2v) is 6.51. The zero-order valence-corrected chi connectivity index (χ0v) is 9.60. The summed E-state index contributed by atoms with van der Waals surface area (Å²) in [6.45, 7) is 0.683. The van der Waals surface area contributed by atoms with E-state index in [0.29, 0.717) is 6.54 Å². The van der Waals surface area contributed by atoms with Crippen molar-refractivity contribution in [1.29, 1.82) is 0 Å².